The molecule has 0 radical (unpaired) electrons. The van der Waals surface area contributed by atoms with Crippen molar-refractivity contribution in [2.75, 3.05) is 18.0 Å². The van der Waals surface area contributed by atoms with E-state index in [0.717, 1.165) is 13.1 Å². The van der Waals surface area contributed by atoms with Gasteiger partial charge in [0, 0.05) is 43.0 Å². The van der Waals surface area contributed by atoms with E-state index in [-0.39, 0.29) is 17.0 Å². The highest BCUT2D eigenvalue weighted by molar-refractivity contribution is 5.43. The SMILES string of the molecule is CCN(CC)c1cc[n+](-c2ccccc2)cc1.[Br-]. The summed E-state index contributed by atoms with van der Waals surface area (Å²) in [4.78, 5) is 2.34. The van der Waals surface area contributed by atoms with Crippen LogP contribution >= 0.6 is 0 Å². The zero-order valence-electron chi connectivity index (χ0n) is 10.9. The lowest BCUT2D eigenvalue weighted by molar-refractivity contribution is -0.595. The van der Waals surface area contributed by atoms with Gasteiger partial charge >= 0.3 is 0 Å². The van der Waals surface area contributed by atoms with E-state index in [1.807, 2.05) is 6.07 Å². The van der Waals surface area contributed by atoms with Crippen LogP contribution in [0.15, 0.2) is 54.9 Å². The van der Waals surface area contributed by atoms with Crippen molar-refractivity contribution in [3.63, 3.8) is 0 Å². The van der Waals surface area contributed by atoms with Crippen LogP contribution in [0.25, 0.3) is 5.69 Å². The molecule has 3 heteroatoms. The van der Waals surface area contributed by atoms with Crippen molar-refractivity contribution in [3.05, 3.63) is 54.9 Å². The van der Waals surface area contributed by atoms with E-state index in [4.69, 9.17) is 0 Å². The Morgan fingerprint density at radius 3 is 1.94 bits per heavy atom. The minimum atomic E-state index is 0. The van der Waals surface area contributed by atoms with Crippen molar-refractivity contribution in [2.45, 2.75) is 13.8 Å². The number of benzene rings is 1. The topological polar surface area (TPSA) is 7.12 Å². The molecule has 0 unspecified atom stereocenters. The number of para-hydroxylation sites is 1. The van der Waals surface area contributed by atoms with Gasteiger partial charge in [-0.2, -0.15) is 4.57 Å². The Balaban J connectivity index is 0.00000162. The smallest absolute Gasteiger partial charge is 0.210 e. The summed E-state index contributed by atoms with van der Waals surface area (Å²) in [5.41, 5.74) is 2.47. The third-order valence-corrected chi connectivity index (χ3v) is 2.99. The van der Waals surface area contributed by atoms with Gasteiger partial charge in [-0.3, -0.25) is 0 Å². The highest BCUT2D eigenvalue weighted by Gasteiger charge is 2.06. The molecule has 0 aliphatic heterocycles. The molecule has 0 amide bonds. The molecule has 0 fully saturated rings. The van der Waals surface area contributed by atoms with Gasteiger partial charge in [-0.1, -0.05) is 18.2 Å². The van der Waals surface area contributed by atoms with E-state index >= 15 is 0 Å². The summed E-state index contributed by atoms with van der Waals surface area (Å²) in [6.07, 6.45) is 4.23. The zero-order valence-corrected chi connectivity index (χ0v) is 12.5. The number of halogens is 1. The zero-order chi connectivity index (χ0) is 12.1. The second-order valence-electron chi connectivity index (χ2n) is 3.97. The first-order valence-corrected chi connectivity index (χ1v) is 6.16. The first-order chi connectivity index (χ1) is 8.35. The van der Waals surface area contributed by atoms with Gasteiger partial charge in [-0.25, -0.2) is 0 Å². The molecule has 2 nitrogen and oxygen atoms in total. The average molecular weight is 307 g/mol. The minimum absolute atomic E-state index is 0. The molecule has 2 rings (SSSR count). The van der Waals surface area contributed by atoms with E-state index in [0.29, 0.717) is 0 Å². The van der Waals surface area contributed by atoms with Crippen LogP contribution in [-0.4, -0.2) is 13.1 Å². The number of anilines is 1. The molecule has 18 heavy (non-hydrogen) atoms. The van der Waals surface area contributed by atoms with E-state index in [1.165, 1.54) is 11.4 Å². The molecule has 96 valence electrons. The Kier molecular flexibility index (Phi) is 5.86. The van der Waals surface area contributed by atoms with Crippen LogP contribution in [0.5, 0.6) is 0 Å². The predicted molar refractivity (Wildman–Crippen MR) is 71.5 cm³/mol. The maximum atomic E-state index is 2.34. The maximum absolute atomic E-state index is 2.34. The summed E-state index contributed by atoms with van der Waals surface area (Å²) in [7, 11) is 0. The fourth-order valence-electron chi connectivity index (χ4n) is 1.99. The summed E-state index contributed by atoms with van der Waals surface area (Å²) in [6.45, 7) is 6.46. The Morgan fingerprint density at radius 2 is 1.44 bits per heavy atom. The van der Waals surface area contributed by atoms with E-state index in [1.54, 1.807) is 0 Å². The Bertz CT molecular complexity index is 450. The number of nitrogens with zero attached hydrogens (tertiary/aromatic N) is 2. The minimum Gasteiger partial charge on any atom is -1.00 e. The second kappa shape index (κ2) is 7.17. The third kappa shape index (κ3) is 3.33. The first-order valence-electron chi connectivity index (χ1n) is 6.16. The lowest BCUT2D eigenvalue weighted by Crippen LogP contribution is -3.00. The van der Waals surface area contributed by atoms with Crippen molar-refractivity contribution in [1.29, 1.82) is 0 Å². The van der Waals surface area contributed by atoms with Gasteiger partial charge in [0.1, 0.15) is 0 Å². The van der Waals surface area contributed by atoms with Gasteiger partial charge in [0.2, 0.25) is 5.69 Å². The van der Waals surface area contributed by atoms with Crippen LogP contribution in [0.2, 0.25) is 0 Å². The molecule has 0 aliphatic rings. The molecule has 0 spiro atoms. The normalized spacial score (nSPS) is 9.67. The molecular formula is C15H19BrN2. The second-order valence-corrected chi connectivity index (χ2v) is 3.97. The van der Waals surface area contributed by atoms with Crippen molar-refractivity contribution < 1.29 is 21.5 Å². The molecule has 1 heterocycles. The van der Waals surface area contributed by atoms with Crippen LogP contribution in [0.1, 0.15) is 13.8 Å². The first kappa shape index (κ1) is 14.7. The van der Waals surface area contributed by atoms with E-state index in [9.17, 15) is 0 Å². The molecular weight excluding hydrogens is 288 g/mol. The van der Waals surface area contributed by atoms with Crippen molar-refractivity contribution in [1.82, 2.24) is 0 Å². The van der Waals surface area contributed by atoms with Gasteiger partial charge in [-0.05, 0) is 13.8 Å². The van der Waals surface area contributed by atoms with Crippen molar-refractivity contribution in [2.24, 2.45) is 0 Å². The Morgan fingerprint density at radius 1 is 0.889 bits per heavy atom. The summed E-state index contributed by atoms with van der Waals surface area (Å²) >= 11 is 0. The third-order valence-electron chi connectivity index (χ3n) is 2.99. The fraction of sp³-hybridized carbons (Fsp3) is 0.267. The standard InChI is InChI=1S/C15H19N2.BrH/c1-3-16(4-2)15-10-12-17(13-11-15)14-8-6-5-7-9-14;/h5-13H,3-4H2,1-2H3;1H/q+1;/p-1. The van der Waals surface area contributed by atoms with Crippen LogP contribution in [0.4, 0.5) is 5.69 Å². The summed E-state index contributed by atoms with van der Waals surface area (Å²) in [6, 6.07) is 14.7. The molecule has 1 aromatic carbocycles. The van der Waals surface area contributed by atoms with E-state index in [2.05, 4.69) is 72.1 Å². The highest BCUT2D eigenvalue weighted by Crippen LogP contribution is 2.11. The number of hydrogen-bond acceptors (Lipinski definition) is 1. The average Bonchev–Trinajstić information content (AvgIpc) is 2.42. The number of hydrogen-bond donors (Lipinski definition) is 0. The molecule has 0 N–H and O–H groups in total. The maximum Gasteiger partial charge on any atom is 0.210 e. The van der Waals surface area contributed by atoms with Crippen LogP contribution in [0, 0.1) is 0 Å². The van der Waals surface area contributed by atoms with Crippen LogP contribution in [-0.2, 0) is 0 Å². The van der Waals surface area contributed by atoms with Crippen LogP contribution in [0.3, 0.4) is 0 Å². The Labute approximate surface area is 120 Å². The summed E-state index contributed by atoms with van der Waals surface area (Å²) < 4.78 is 2.13. The number of pyridine rings is 1. The molecule has 0 atom stereocenters. The molecule has 0 saturated heterocycles. The summed E-state index contributed by atoms with van der Waals surface area (Å²) in [5, 5.41) is 0. The van der Waals surface area contributed by atoms with Gasteiger partial charge in [0.05, 0.1) is 0 Å². The Hall–Kier alpha value is -1.35. The lowest BCUT2D eigenvalue weighted by atomic mass is 10.3. The molecule has 2 aromatic rings. The van der Waals surface area contributed by atoms with Crippen LogP contribution < -0.4 is 26.4 Å². The quantitative estimate of drug-likeness (QED) is 0.711. The lowest BCUT2D eigenvalue weighted by Gasteiger charge is -2.19. The van der Waals surface area contributed by atoms with E-state index < -0.39 is 0 Å². The van der Waals surface area contributed by atoms with Crippen molar-refractivity contribution in [3.8, 4) is 5.69 Å². The van der Waals surface area contributed by atoms with Gasteiger partial charge < -0.3 is 21.9 Å². The molecule has 0 saturated carbocycles. The summed E-state index contributed by atoms with van der Waals surface area (Å²) in [5.74, 6) is 0. The molecule has 0 bridgehead atoms. The highest BCUT2D eigenvalue weighted by atomic mass is 79.9. The monoisotopic (exact) mass is 306 g/mol. The molecule has 1 aromatic heterocycles. The van der Waals surface area contributed by atoms with Gasteiger partial charge in [0.15, 0.2) is 12.4 Å². The number of rotatable bonds is 4. The molecule has 0 aliphatic carbocycles. The fourth-order valence-corrected chi connectivity index (χ4v) is 1.99. The van der Waals surface area contributed by atoms with Crippen molar-refractivity contribution >= 4 is 5.69 Å². The number of aromatic nitrogens is 1. The van der Waals surface area contributed by atoms with Gasteiger partial charge in [0.25, 0.3) is 0 Å². The predicted octanol–water partition coefficient (Wildman–Crippen LogP) is -0.186. The largest absolute Gasteiger partial charge is 1.00 e. The van der Waals surface area contributed by atoms with Gasteiger partial charge in [-0.15, -0.1) is 0 Å².